The Kier molecular flexibility index (Phi) is 4.44. The van der Waals surface area contributed by atoms with E-state index in [9.17, 15) is 9.46 Å². The summed E-state index contributed by atoms with van der Waals surface area (Å²) in [4.78, 5) is 10.0. The Labute approximate surface area is 119 Å². The van der Waals surface area contributed by atoms with E-state index in [2.05, 4.69) is 12.1 Å². The van der Waals surface area contributed by atoms with E-state index in [0.717, 1.165) is 16.7 Å². The molecule has 1 unspecified atom stereocenters. The molecule has 0 fully saturated rings. The van der Waals surface area contributed by atoms with Crippen LogP contribution in [0.2, 0.25) is 0 Å². The zero-order chi connectivity index (χ0) is 14.8. The molecule has 2 aromatic rings. The minimum absolute atomic E-state index is 0.140. The Bertz CT molecular complexity index is 627. The van der Waals surface area contributed by atoms with E-state index < -0.39 is 7.60 Å². The minimum atomic E-state index is -3.76. The molecule has 20 heavy (non-hydrogen) atoms. The first-order chi connectivity index (χ1) is 9.40. The number of hydrogen-bond acceptors (Lipinski definition) is 2. The molecule has 0 radical (unpaired) electrons. The van der Waals surface area contributed by atoms with Gasteiger partial charge in [-0.2, -0.15) is 0 Å². The molecule has 0 aliphatic heterocycles. The number of benzene rings is 2. The fourth-order valence-corrected chi connectivity index (χ4v) is 3.28. The molecule has 1 N–H and O–H groups in total. The van der Waals surface area contributed by atoms with E-state index >= 15 is 0 Å². The van der Waals surface area contributed by atoms with Crippen LogP contribution in [0.15, 0.2) is 42.5 Å². The van der Waals surface area contributed by atoms with E-state index in [1.807, 2.05) is 20.8 Å². The van der Waals surface area contributed by atoms with Crippen LogP contribution in [0.4, 0.5) is 0 Å². The molecule has 0 saturated carbocycles. The Morgan fingerprint density at radius 3 is 2.15 bits per heavy atom. The Hall–Kier alpha value is -1.41. The average Bonchev–Trinajstić information content (AvgIpc) is 2.38. The van der Waals surface area contributed by atoms with Crippen molar-refractivity contribution in [2.75, 3.05) is 0 Å². The lowest BCUT2D eigenvalue weighted by atomic mass is 10.0. The predicted molar refractivity (Wildman–Crippen MR) is 81.3 cm³/mol. The lowest BCUT2D eigenvalue weighted by Crippen LogP contribution is -2.07. The van der Waals surface area contributed by atoms with Crippen molar-refractivity contribution in [1.82, 2.24) is 0 Å². The summed E-state index contributed by atoms with van der Waals surface area (Å²) in [5, 5.41) is 0.322. The van der Waals surface area contributed by atoms with Crippen LogP contribution in [-0.2, 0) is 15.7 Å². The molecule has 106 valence electrons. The van der Waals surface area contributed by atoms with E-state index in [-0.39, 0.29) is 6.61 Å². The van der Waals surface area contributed by atoms with Gasteiger partial charge in [0.05, 0.1) is 11.9 Å². The molecular weight excluding hydrogens is 271 g/mol. The van der Waals surface area contributed by atoms with Gasteiger partial charge in [0.1, 0.15) is 0 Å². The summed E-state index contributed by atoms with van der Waals surface area (Å²) >= 11 is 0. The highest BCUT2D eigenvalue weighted by molar-refractivity contribution is 7.61. The van der Waals surface area contributed by atoms with Crippen molar-refractivity contribution in [3.8, 4) is 0 Å². The molecule has 0 spiro atoms. The van der Waals surface area contributed by atoms with Crippen molar-refractivity contribution < 1.29 is 14.0 Å². The van der Waals surface area contributed by atoms with Gasteiger partial charge in [-0.05, 0) is 49.6 Å². The zero-order valence-electron chi connectivity index (χ0n) is 12.0. The molecule has 0 aromatic heterocycles. The highest BCUT2D eigenvalue weighted by atomic mass is 31.2. The summed E-state index contributed by atoms with van der Waals surface area (Å²) in [6.07, 6.45) is 0. The molecular formula is C16H19O3P. The Morgan fingerprint density at radius 1 is 1.05 bits per heavy atom. The topological polar surface area (TPSA) is 46.5 Å². The number of hydrogen-bond donors (Lipinski definition) is 1. The summed E-state index contributed by atoms with van der Waals surface area (Å²) in [6.45, 7) is 6.15. The summed E-state index contributed by atoms with van der Waals surface area (Å²) in [5.41, 5.74) is 4.31. The summed E-state index contributed by atoms with van der Waals surface area (Å²) in [6, 6.07) is 12.6. The van der Waals surface area contributed by atoms with Crippen LogP contribution >= 0.6 is 7.60 Å². The second-order valence-electron chi connectivity index (χ2n) is 5.01. The lowest BCUT2D eigenvalue weighted by molar-refractivity contribution is 0.258. The molecule has 2 aromatic carbocycles. The van der Waals surface area contributed by atoms with Crippen LogP contribution in [-0.4, -0.2) is 4.89 Å². The minimum Gasteiger partial charge on any atom is -0.321 e. The van der Waals surface area contributed by atoms with Gasteiger partial charge < -0.3 is 9.42 Å². The second-order valence-corrected chi connectivity index (χ2v) is 6.82. The Balaban J connectivity index is 2.19. The van der Waals surface area contributed by atoms with E-state index in [1.54, 1.807) is 30.3 Å². The van der Waals surface area contributed by atoms with Gasteiger partial charge in [0.2, 0.25) is 0 Å². The number of aryl methyl sites for hydroxylation is 3. The zero-order valence-corrected chi connectivity index (χ0v) is 12.9. The standard InChI is InChI=1S/C16H19O3P/c1-12-9-13(2)16(14(3)10-12)11-19-20(17,18)15-7-5-4-6-8-15/h4-10H,11H2,1-3H3,(H,17,18). The van der Waals surface area contributed by atoms with Gasteiger partial charge in [-0.25, -0.2) is 0 Å². The first kappa shape index (κ1) is 15.0. The van der Waals surface area contributed by atoms with Crippen molar-refractivity contribution >= 4 is 12.9 Å². The maximum Gasteiger partial charge on any atom is 0.359 e. The molecule has 0 saturated heterocycles. The predicted octanol–water partition coefficient (Wildman–Crippen LogP) is 3.64. The highest BCUT2D eigenvalue weighted by Gasteiger charge is 2.22. The highest BCUT2D eigenvalue weighted by Crippen LogP contribution is 2.41. The first-order valence-corrected chi connectivity index (χ1v) is 8.07. The van der Waals surface area contributed by atoms with E-state index in [0.29, 0.717) is 5.30 Å². The molecule has 4 heteroatoms. The third-order valence-electron chi connectivity index (χ3n) is 3.31. The lowest BCUT2D eigenvalue weighted by Gasteiger charge is -2.15. The molecule has 2 rings (SSSR count). The fourth-order valence-electron chi connectivity index (χ4n) is 2.28. The SMILES string of the molecule is Cc1cc(C)c(COP(=O)(O)c2ccccc2)c(C)c1. The van der Waals surface area contributed by atoms with Crippen LogP contribution in [0.1, 0.15) is 22.3 Å². The molecule has 0 aliphatic carbocycles. The largest absolute Gasteiger partial charge is 0.359 e. The quantitative estimate of drug-likeness (QED) is 0.874. The molecule has 0 aliphatic rings. The van der Waals surface area contributed by atoms with Crippen LogP contribution in [0.25, 0.3) is 0 Å². The Morgan fingerprint density at radius 2 is 1.60 bits per heavy atom. The van der Waals surface area contributed by atoms with Crippen molar-refractivity contribution in [3.05, 3.63) is 64.7 Å². The van der Waals surface area contributed by atoms with Crippen LogP contribution in [0.5, 0.6) is 0 Å². The molecule has 0 bridgehead atoms. The third-order valence-corrected chi connectivity index (χ3v) is 4.74. The maximum atomic E-state index is 12.2. The van der Waals surface area contributed by atoms with E-state index in [1.165, 1.54) is 5.56 Å². The van der Waals surface area contributed by atoms with Crippen LogP contribution < -0.4 is 5.30 Å². The summed E-state index contributed by atoms with van der Waals surface area (Å²) in [7, 11) is -3.76. The van der Waals surface area contributed by atoms with Gasteiger partial charge in [-0.3, -0.25) is 4.57 Å². The van der Waals surface area contributed by atoms with Crippen molar-refractivity contribution in [2.45, 2.75) is 27.4 Å². The van der Waals surface area contributed by atoms with E-state index in [4.69, 9.17) is 4.52 Å². The number of rotatable bonds is 4. The van der Waals surface area contributed by atoms with Crippen molar-refractivity contribution in [3.63, 3.8) is 0 Å². The van der Waals surface area contributed by atoms with Gasteiger partial charge in [-0.1, -0.05) is 35.9 Å². The van der Waals surface area contributed by atoms with Crippen LogP contribution in [0, 0.1) is 20.8 Å². The molecule has 3 nitrogen and oxygen atoms in total. The van der Waals surface area contributed by atoms with Gasteiger partial charge in [0.25, 0.3) is 0 Å². The van der Waals surface area contributed by atoms with Gasteiger partial charge in [0, 0.05) is 0 Å². The second kappa shape index (κ2) is 5.92. The maximum absolute atomic E-state index is 12.2. The molecule has 0 heterocycles. The molecule has 0 amide bonds. The normalized spacial score (nSPS) is 14.0. The molecule has 1 atom stereocenters. The smallest absolute Gasteiger partial charge is 0.321 e. The van der Waals surface area contributed by atoms with Gasteiger partial charge in [-0.15, -0.1) is 0 Å². The third kappa shape index (κ3) is 3.37. The monoisotopic (exact) mass is 290 g/mol. The summed E-state index contributed by atoms with van der Waals surface area (Å²) in [5.74, 6) is 0. The first-order valence-electron chi connectivity index (χ1n) is 6.50. The van der Waals surface area contributed by atoms with Crippen LogP contribution in [0.3, 0.4) is 0 Å². The fraction of sp³-hybridized carbons (Fsp3) is 0.250. The van der Waals surface area contributed by atoms with Crippen molar-refractivity contribution in [2.24, 2.45) is 0 Å². The van der Waals surface area contributed by atoms with Gasteiger partial charge in [0.15, 0.2) is 0 Å². The van der Waals surface area contributed by atoms with Gasteiger partial charge >= 0.3 is 7.60 Å². The average molecular weight is 290 g/mol. The van der Waals surface area contributed by atoms with Crippen molar-refractivity contribution in [1.29, 1.82) is 0 Å². The summed E-state index contributed by atoms with van der Waals surface area (Å²) < 4.78 is 17.5.